The summed E-state index contributed by atoms with van der Waals surface area (Å²) in [6.45, 7) is 0.283. The molecule has 0 fully saturated rings. The molecular weight excluding hydrogens is 306 g/mol. The number of esters is 1. The van der Waals surface area contributed by atoms with Crippen LogP contribution in [0.25, 0.3) is 0 Å². The van der Waals surface area contributed by atoms with Crippen molar-refractivity contribution in [3.8, 4) is 0 Å². The van der Waals surface area contributed by atoms with Gasteiger partial charge in [-0.15, -0.1) is 0 Å². The Balaban J connectivity index is 1.96. The first-order valence-electron chi connectivity index (χ1n) is 6.73. The second-order valence-corrected chi connectivity index (χ2v) is 6.37. The summed E-state index contributed by atoms with van der Waals surface area (Å²) in [5.41, 5.74) is 0.195. The smallest absolute Gasteiger partial charge is 0.337 e. The van der Waals surface area contributed by atoms with Gasteiger partial charge in [0.15, 0.2) is 0 Å². The molecule has 1 aromatic heterocycles. The number of hydrogen-bond donors (Lipinski definition) is 1. The second kappa shape index (κ2) is 7.24. The van der Waals surface area contributed by atoms with Crippen molar-refractivity contribution in [2.24, 2.45) is 0 Å². The highest BCUT2D eigenvalue weighted by atomic mass is 32.2. The van der Waals surface area contributed by atoms with E-state index in [1.807, 2.05) is 6.07 Å². The van der Waals surface area contributed by atoms with Gasteiger partial charge in [-0.25, -0.2) is 17.9 Å². The molecule has 1 N–H and O–H groups in total. The summed E-state index contributed by atoms with van der Waals surface area (Å²) in [5.74, 6) is 0.238. The van der Waals surface area contributed by atoms with Crippen molar-refractivity contribution in [1.82, 2.24) is 4.72 Å². The van der Waals surface area contributed by atoms with Crippen molar-refractivity contribution in [2.75, 3.05) is 13.7 Å². The number of benzene rings is 1. The minimum absolute atomic E-state index is 0.0356. The lowest BCUT2D eigenvalue weighted by Crippen LogP contribution is -2.25. The van der Waals surface area contributed by atoms with Crippen LogP contribution in [0.2, 0.25) is 0 Å². The highest BCUT2D eigenvalue weighted by Crippen LogP contribution is 2.12. The minimum Gasteiger partial charge on any atom is -0.469 e. The van der Waals surface area contributed by atoms with Crippen molar-refractivity contribution in [3.63, 3.8) is 0 Å². The normalized spacial score (nSPS) is 11.3. The van der Waals surface area contributed by atoms with E-state index in [0.29, 0.717) is 12.8 Å². The van der Waals surface area contributed by atoms with Crippen molar-refractivity contribution >= 4 is 16.0 Å². The molecule has 0 saturated heterocycles. The van der Waals surface area contributed by atoms with E-state index in [2.05, 4.69) is 9.46 Å². The van der Waals surface area contributed by atoms with E-state index in [1.165, 1.54) is 31.4 Å². The van der Waals surface area contributed by atoms with Crippen LogP contribution in [-0.2, 0) is 21.2 Å². The van der Waals surface area contributed by atoms with Gasteiger partial charge in [-0.2, -0.15) is 0 Å². The van der Waals surface area contributed by atoms with Crippen LogP contribution < -0.4 is 4.72 Å². The summed E-state index contributed by atoms with van der Waals surface area (Å²) in [6.07, 6.45) is 2.85. The van der Waals surface area contributed by atoms with E-state index in [9.17, 15) is 13.2 Å². The molecule has 0 radical (unpaired) electrons. The van der Waals surface area contributed by atoms with Gasteiger partial charge < -0.3 is 9.15 Å². The van der Waals surface area contributed by atoms with E-state index in [-0.39, 0.29) is 17.0 Å². The van der Waals surface area contributed by atoms with Gasteiger partial charge in [-0.1, -0.05) is 6.07 Å². The van der Waals surface area contributed by atoms with Gasteiger partial charge in [-0.05, 0) is 36.8 Å². The van der Waals surface area contributed by atoms with Crippen LogP contribution in [0.5, 0.6) is 0 Å². The van der Waals surface area contributed by atoms with Crippen molar-refractivity contribution < 1.29 is 22.4 Å². The van der Waals surface area contributed by atoms with Crippen molar-refractivity contribution in [3.05, 3.63) is 54.0 Å². The van der Waals surface area contributed by atoms with Crippen molar-refractivity contribution in [1.29, 1.82) is 0 Å². The molecule has 118 valence electrons. The zero-order chi connectivity index (χ0) is 16.0. The maximum atomic E-state index is 12.2. The molecule has 0 aliphatic heterocycles. The molecule has 0 aliphatic rings. The van der Waals surface area contributed by atoms with Crippen LogP contribution in [0, 0.1) is 0 Å². The molecule has 0 amide bonds. The molecule has 1 heterocycles. The first-order valence-corrected chi connectivity index (χ1v) is 8.21. The molecule has 22 heavy (non-hydrogen) atoms. The molecule has 0 unspecified atom stereocenters. The SMILES string of the molecule is COC(=O)c1cccc(S(=O)(=O)NCCCc2ccco2)c1. The third-order valence-corrected chi connectivity index (χ3v) is 4.50. The van der Waals surface area contributed by atoms with Gasteiger partial charge in [0.2, 0.25) is 10.0 Å². The molecule has 2 aromatic rings. The summed E-state index contributed by atoms with van der Waals surface area (Å²) in [4.78, 5) is 11.5. The molecule has 6 nitrogen and oxygen atoms in total. The Hall–Kier alpha value is -2.12. The van der Waals surface area contributed by atoms with E-state index in [0.717, 1.165) is 5.76 Å². The fraction of sp³-hybridized carbons (Fsp3) is 0.267. The fourth-order valence-electron chi connectivity index (χ4n) is 1.92. The molecule has 0 saturated carbocycles. The number of ether oxygens (including phenoxy) is 1. The van der Waals surface area contributed by atoms with Gasteiger partial charge in [0.05, 0.1) is 23.8 Å². The lowest BCUT2D eigenvalue weighted by atomic mass is 10.2. The summed E-state index contributed by atoms with van der Waals surface area (Å²) < 4.78 is 36.6. The first-order chi connectivity index (χ1) is 10.5. The van der Waals surface area contributed by atoms with Crippen molar-refractivity contribution in [2.45, 2.75) is 17.7 Å². The van der Waals surface area contributed by atoms with Gasteiger partial charge in [-0.3, -0.25) is 0 Å². The van der Waals surface area contributed by atoms with Crippen LogP contribution in [0.4, 0.5) is 0 Å². The molecule has 1 aromatic carbocycles. The minimum atomic E-state index is -3.65. The Bertz CT molecular complexity index is 722. The molecule has 0 aliphatic carbocycles. The Labute approximate surface area is 129 Å². The molecule has 7 heteroatoms. The summed E-state index contributed by atoms with van der Waals surface area (Å²) >= 11 is 0. The van der Waals surface area contributed by atoms with E-state index in [1.54, 1.807) is 12.3 Å². The van der Waals surface area contributed by atoms with Crippen LogP contribution in [0.1, 0.15) is 22.5 Å². The van der Waals surface area contributed by atoms with Gasteiger partial charge >= 0.3 is 5.97 Å². The third kappa shape index (κ3) is 4.19. The average Bonchev–Trinajstić information content (AvgIpc) is 3.04. The van der Waals surface area contributed by atoms with Gasteiger partial charge in [0, 0.05) is 13.0 Å². The van der Waals surface area contributed by atoms with Crippen LogP contribution >= 0.6 is 0 Å². The number of hydrogen-bond acceptors (Lipinski definition) is 5. The lowest BCUT2D eigenvalue weighted by molar-refractivity contribution is 0.0600. The van der Waals surface area contributed by atoms with Gasteiger partial charge in [0.25, 0.3) is 0 Å². The average molecular weight is 323 g/mol. The lowest BCUT2D eigenvalue weighted by Gasteiger charge is -2.07. The van der Waals surface area contributed by atoms with Crippen LogP contribution in [0.15, 0.2) is 52.0 Å². The number of sulfonamides is 1. The maximum absolute atomic E-state index is 12.2. The number of nitrogens with one attached hydrogen (secondary N) is 1. The topological polar surface area (TPSA) is 85.6 Å². The van der Waals surface area contributed by atoms with E-state index < -0.39 is 16.0 Å². The Morgan fingerprint density at radius 1 is 1.27 bits per heavy atom. The number of carbonyl (C=O) groups excluding carboxylic acids is 1. The highest BCUT2D eigenvalue weighted by Gasteiger charge is 2.16. The monoisotopic (exact) mass is 323 g/mol. The molecule has 0 atom stereocenters. The molecule has 0 bridgehead atoms. The fourth-order valence-corrected chi connectivity index (χ4v) is 3.03. The van der Waals surface area contributed by atoms with E-state index >= 15 is 0 Å². The number of aryl methyl sites for hydroxylation is 1. The summed E-state index contributed by atoms with van der Waals surface area (Å²) in [7, 11) is -2.41. The number of furan rings is 1. The van der Waals surface area contributed by atoms with Crippen LogP contribution in [-0.4, -0.2) is 28.0 Å². The molecule has 2 rings (SSSR count). The molecule has 0 spiro atoms. The third-order valence-electron chi connectivity index (χ3n) is 3.04. The maximum Gasteiger partial charge on any atom is 0.337 e. The van der Waals surface area contributed by atoms with E-state index in [4.69, 9.17) is 4.42 Å². The zero-order valence-corrected chi connectivity index (χ0v) is 12.9. The predicted octanol–water partition coefficient (Wildman–Crippen LogP) is 1.98. The Morgan fingerprint density at radius 3 is 2.77 bits per heavy atom. The Morgan fingerprint density at radius 2 is 2.09 bits per heavy atom. The van der Waals surface area contributed by atoms with Crippen LogP contribution in [0.3, 0.4) is 0 Å². The highest BCUT2D eigenvalue weighted by molar-refractivity contribution is 7.89. The Kier molecular flexibility index (Phi) is 5.35. The predicted molar refractivity (Wildman–Crippen MR) is 80.0 cm³/mol. The quantitative estimate of drug-likeness (QED) is 0.622. The number of methoxy groups -OCH3 is 1. The summed E-state index contributed by atoms with van der Waals surface area (Å²) in [6, 6.07) is 9.36. The zero-order valence-electron chi connectivity index (χ0n) is 12.1. The number of carbonyl (C=O) groups is 1. The second-order valence-electron chi connectivity index (χ2n) is 4.60. The summed E-state index contributed by atoms with van der Waals surface area (Å²) in [5, 5.41) is 0. The molecular formula is C15H17NO5S. The van der Waals surface area contributed by atoms with Gasteiger partial charge in [0.1, 0.15) is 5.76 Å². The number of rotatable bonds is 7. The largest absolute Gasteiger partial charge is 0.469 e. The first kappa shape index (κ1) is 16.3. The standard InChI is InChI=1S/C15H17NO5S/c1-20-15(17)12-5-2-8-14(11-12)22(18,19)16-9-3-6-13-7-4-10-21-13/h2,4-5,7-8,10-11,16H,3,6,9H2,1H3.